The minimum atomic E-state index is 0.0779. The van der Waals surface area contributed by atoms with Crippen LogP contribution in [-0.2, 0) is 16.0 Å². The third-order valence-electron chi connectivity index (χ3n) is 6.69. The van der Waals surface area contributed by atoms with Crippen molar-refractivity contribution in [2.24, 2.45) is 5.92 Å². The van der Waals surface area contributed by atoms with Crippen molar-refractivity contribution in [2.75, 3.05) is 19.6 Å². The van der Waals surface area contributed by atoms with E-state index in [0.29, 0.717) is 37.1 Å². The van der Waals surface area contributed by atoms with Gasteiger partial charge in [0.25, 0.3) is 0 Å². The van der Waals surface area contributed by atoms with Gasteiger partial charge in [0.05, 0.1) is 0 Å². The Balaban J connectivity index is 1.46. The largest absolute Gasteiger partial charge is 0.361 e. The molecule has 156 valence electrons. The number of amides is 1. The first-order valence-electron chi connectivity index (χ1n) is 11.2. The molecule has 1 aromatic heterocycles. The Kier molecular flexibility index (Phi) is 6.04. The Labute approximate surface area is 173 Å². The third-order valence-corrected chi connectivity index (χ3v) is 6.69. The van der Waals surface area contributed by atoms with Gasteiger partial charge in [0.1, 0.15) is 5.78 Å². The smallest absolute Gasteiger partial charge is 0.220 e. The van der Waals surface area contributed by atoms with E-state index in [-0.39, 0.29) is 11.7 Å². The molecule has 3 atom stereocenters. The second kappa shape index (κ2) is 8.70. The number of likely N-dealkylation sites (tertiary alicyclic amines) is 1. The fourth-order valence-electron chi connectivity index (χ4n) is 5.44. The highest BCUT2D eigenvalue weighted by Crippen LogP contribution is 2.44. The van der Waals surface area contributed by atoms with E-state index in [0.717, 1.165) is 38.9 Å². The molecule has 2 heterocycles. The number of rotatable bonds is 8. The van der Waals surface area contributed by atoms with Crippen molar-refractivity contribution in [3.63, 3.8) is 0 Å². The highest BCUT2D eigenvalue weighted by Gasteiger charge is 2.40. The van der Waals surface area contributed by atoms with Crippen LogP contribution in [0.4, 0.5) is 0 Å². The summed E-state index contributed by atoms with van der Waals surface area (Å²) in [5.74, 6) is 1.23. The Morgan fingerprint density at radius 2 is 2.14 bits per heavy atom. The van der Waals surface area contributed by atoms with Gasteiger partial charge < -0.3 is 15.1 Å². The van der Waals surface area contributed by atoms with Gasteiger partial charge in [-0.1, -0.05) is 19.1 Å². The van der Waals surface area contributed by atoms with Crippen molar-refractivity contribution in [1.82, 2.24) is 15.2 Å². The lowest BCUT2D eigenvalue weighted by Gasteiger charge is -2.47. The van der Waals surface area contributed by atoms with Crippen LogP contribution < -0.4 is 5.32 Å². The van der Waals surface area contributed by atoms with Crippen LogP contribution in [0, 0.1) is 5.92 Å². The van der Waals surface area contributed by atoms with Gasteiger partial charge in [-0.05, 0) is 62.3 Å². The predicted molar refractivity (Wildman–Crippen MR) is 116 cm³/mol. The number of nitrogens with zero attached hydrogens (tertiary/aromatic N) is 1. The zero-order valence-electron chi connectivity index (χ0n) is 17.7. The Morgan fingerprint density at radius 1 is 1.28 bits per heavy atom. The minimum Gasteiger partial charge on any atom is -0.361 e. The molecule has 1 fully saturated rings. The number of ketones is 1. The van der Waals surface area contributed by atoms with Gasteiger partial charge in [0.2, 0.25) is 5.91 Å². The van der Waals surface area contributed by atoms with E-state index in [1.807, 2.05) is 0 Å². The van der Waals surface area contributed by atoms with Crippen molar-refractivity contribution < 1.29 is 9.59 Å². The fourth-order valence-corrected chi connectivity index (χ4v) is 5.44. The molecule has 4 rings (SSSR count). The predicted octanol–water partition coefficient (Wildman–Crippen LogP) is 3.78. The maximum Gasteiger partial charge on any atom is 0.220 e. The van der Waals surface area contributed by atoms with Gasteiger partial charge in [-0.25, -0.2) is 0 Å². The van der Waals surface area contributed by atoms with E-state index in [9.17, 15) is 9.59 Å². The summed E-state index contributed by atoms with van der Waals surface area (Å²) in [5, 5.41) is 4.57. The molecule has 1 saturated heterocycles. The van der Waals surface area contributed by atoms with Crippen LogP contribution in [0.1, 0.15) is 63.0 Å². The fraction of sp³-hybridized carbons (Fsp3) is 0.583. The number of Topliss-reactive ketones (excluding diaryl/α,β-unsaturated/α-hetero) is 1. The molecule has 1 unspecified atom stereocenters. The lowest BCUT2D eigenvalue weighted by atomic mass is 9.72. The summed E-state index contributed by atoms with van der Waals surface area (Å²) in [6.45, 7) is 6.73. The summed E-state index contributed by atoms with van der Waals surface area (Å²) in [7, 11) is 0. The molecule has 29 heavy (non-hydrogen) atoms. The van der Waals surface area contributed by atoms with Crippen molar-refractivity contribution in [2.45, 2.75) is 64.3 Å². The summed E-state index contributed by atoms with van der Waals surface area (Å²) in [6.07, 6.45) is 7.18. The van der Waals surface area contributed by atoms with Crippen LogP contribution in [-0.4, -0.2) is 47.3 Å². The van der Waals surface area contributed by atoms with E-state index in [1.165, 1.54) is 22.0 Å². The molecule has 1 aromatic carbocycles. The highest BCUT2D eigenvalue weighted by molar-refractivity contribution is 5.88. The van der Waals surface area contributed by atoms with Crippen molar-refractivity contribution >= 4 is 22.6 Å². The first kappa shape index (κ1) is 20.1. The van der Waals surface area contributed by atoms with Gasteiger partial charge in [0.15, 0.2) is 0 Å². The average Bonchev–Trinajstić information content (AvgIpc) is 3.11. The van der Waals surface area contributed by atoms with E-state index >= 15 is 0 Å². The molecule has 0 spiro atoms. The van der Waals surface area contributed by atoms with E-state index < -0.39 is 0 Å². The van der Waals surface area contributed by atoms with Crippen LogP contribution in [0.3, 0.4) is 0 Å². The third kappa shape index (κ3) is 4.25. The number of carbonyl (C=O) groups excluding carboxylic acids is 2. The maximum absolute atomic E-state index is 12.2. The van der Waals surface area contributed by atoms with E-state index in [1.54, 1.807) is 6.92 Å². The molecule has 1 aliphatic carbocycles. The van der Waals surface area contributed by atoms with Crippen molar-refractivity contribution in [1.29, 1.82) is 0 Å². The Bertz CT molecular complexity index is 887. The average molecular weight is 396 g/mol. The molecule has 2 N–H and O–H groups in total. The first-order valence-corrected chi connectivity index (χ1v) is 11.2. The summed E-state index contributed by atoms with van der Waals surface area (Å²) >= 11 is 0. The number of piperidine rings is 1. The second-order valence-corrected chi connectivity index (χ2v) is 8.92. The molecule has 0 saturated carbocycles. The highest BCUT2D eigenvalue weighted by atomic mass is 16.1. The summed E-state index contributed by atoms with van der Waals surface area (Å²) in [5.41, 5.74) is 4.18. The van der Waals surface area contributed by atoms with Crippen molar-refractivity contribution in [3.05, 3.63) is 35.5 Å². The SMILES string of the molecule is CCCN1C[C@H](CNC(=O)CCCC(C)=O)CC2c3cccc4[nH]cc(c34)C[C@H]21. The summed E-state index contributed by atoms with van der Waals surface area (Å²) in [4.78, 5) is 29.4. The van der Waals surface area contributed by atoms with Gasteiger partial charge in [0, 0.05) is 55.0 Å². The van der Waals surface area contributed by atoms with E-state index in [2.05, 4.69) is 46.5 Å². The molecule has 1 aliphatic heterocycles. The van der Waals surface area contributed by atoms with Crippen LogP contribution in [0.5, 0.6) is 0 Å². The molecule has 2 aliphatic rings. The number of H-pyrrole nitrogens is 1. The Hall–Kier alpha value is -2.14. The van der Waals surface area contributed by atoms with Crippen molar-refractivity contribution in [3.8, 4) is 0 Å². The molecule has 0 bridgehead atoms. The molecule has 5 nitrogen and oxygen atoms in total. The minimum absolute atomic E-state index is 0.0779. The number of carbonyl (C=O) groups is 2. The number of nitrogens with one attached hydrogen (secondary N) is 2. The lowest BCUT2D eigenvalue weighted by molar-refractivity contribution is -0.121. The molecule has 0 radical (unpaired) electrons. The molecular formula is C24H33N3O2. The lowest BCUT2D eigenvalue weighted by Crippen LogP contribution is -2.52. The van der Waals surface area contributed by atoms with Gasteiger partial charge >= 0.3 is 0 Å². The normalized spacial score (nSPS) is 23.7. The van der Waals surface area contributed by atoms with Crippen LogP contribution in [0.15, 0.2) is 24.4 Å². The Morgan fingerprint density at radius 3 is 2.93 bits per heavy atom. The first-order chi connectivity index (χ1) is 14.1. The number of fused-ring (bicyclic) bond motifs is 2. The maximum atomic E-state index is 12.2. The quantitative estimate of drug-likeness (QED) is 0.715. The molecule has 5 heteroatoms. The number of aromatic amines is 1. The number of hydrogen-bond donors (Lipinski definition) is 2. The van der Waals surface area contributed by atoms with Crippen LogP contribution in [0.2, 0.25) is 0 Å². The van der Waals surface area contributed by atoms with Crippen LogP contribution in [0.25, 0.3) is 10.9 Å². The summed E-state index contributed by atoms with van der Waals surface area (Å²) in [6, 6.07) is 7.22. The van der Waals surface area contributed by atoms with Crippen LogP contribution >= 0.6 is 0 Å². The number of hydrogen-bond acceptors (Lipinski definition) is 3. The molecular weight excluding hydrogens is 362 g/mol. The number of aromatic nitrogens is 1. The molecule has 1 amide bonds. The molecule has 2 aromatic rings. The van der Waals surface area contributed by atoms with E-state index in [4.69, 9.17) is 0 Å². The monoisotopic (exact) mass is 395 g/mol. The topological polar surface area (TPSA) is 65.2 Å². The second-order valence-electron chi connectivity index (χ2n) is 8.92. The zero-order chi connectivity index (χ0) is 20.4. The van der Waals surface area contributed by atoms with Gasteiger partial charge in [-0.15, -0.1) is 0 Å². The standard InChI is InChI=1S/C24H33N3O2/c1-3-10-27-15-17(13-26-23(29)9-4-6-16(2)28)11-20-19-7-5-8-21-24(19)18(14-25-21)12-22(20)27/h5,7-8,14,17,20,22,25H,3-4,6,9-13,15H2,1-2H3,(H,26,29)/t17-,20?,22+/m0/s1. The van der Waals surface area contributed by atoms with Gasteiger partial charge in [-0.3, -0.25) is 9.69 Å². The van der Waals surface area contributed by atoms with Gasteiger partial charge in [-0.2, -0.15) is 0 Å². The number of benzene rings is 1. The summed E-state index contributed by atoms with van der Waals surface area (Å²) < 4.78 is 0. The zero-order valence-corrected chi connectivity index (χ0v) is 17.7.